The van der Waals surface area contributed by atoms with Gasteiger partial charge in [0.1, 0.15) is 0 Å². The van der Waals surface area contributed by atoms with Gasteiger partial charge in [-0.3, -0.25) is 4.98 Å². The number of rotatable bonds is 4. The minimum absolute atomic E-state index is 0.0290. The van der Waals surface area contributed by atoms with Crippen molar-refractivity contribution in [1.82, 2.24) is 14.8 Å². The molecule has 2 aromatic heterocycles. The van der Waals surface area contributed by atoms with E-state index in [9.17, 15) is 8.42 Å². The summed E-state index contributed by atoms with van der Waals surface area (Å²) < 4.78 is 28.2. The van der Waals surface area contributed by atoms with Crippen molar-refractivity contribution < 1.29 is 8.42 Å². The number of hydrogen-bond acceptors (Lipinski definition) is 4. The Morgan fingerprint density at radius 2 is 1.61 bits per heavy atom. The molecule has 0 spiro atoms. The predicted octanol–water partition coefficient (Wildman–Crippen LogP) is 5.31. The summed E-state index contributed by atoms with van der Waals surface area (Å²) in [4.78, 5) is 4.91. The standard InChI is InChI=1S/C25H27N3O2S/c1-17-9-14-22-23(26-17)7-6-8-24(22)28-20(15-18(2)27-28)16-31(29,30)21-12-10-19(11-13-21)25(3,4)5/h6-15H,16H2,1-5H3. The fraction of sp³-hybridized carbons (Fsp3) is 0.280. The molecular formula is C25H27N3O2S. The van der Waals surface area contributed by atoms with Crippen LogP contribution >= 0.6 is 0 Å². The lowest BCUT2D eigenvalue weighted by atomic mass is 9.87. The minimum Gasteiger partial charge on any atom is -0.253 e. The Balaban J connectivity index is 1.75. The van der Waals surface area contributed by atoms with E-state index >= 15 is 0 Å². The van der Waals surface area contributed by atoms with E-state index in [1.165, 1.54) is 0 Å². The molecule has 0 N–H and O–H groups in total. The van der Waals surface area contributed by atoms with Crippen LogP contribution < -0.4 is 0 Å². The van der Waals surface area contributed by atoms with Crippen molar-refractivity contribution in [2.45, 2.75) is 50.7 Å². The summed E-state index contributed by atoms with van der Waals surface area (Å²) >= 11 is 0. The first-order valence-corrected chi connectivity index (χ1v) is 12.0. The second-order valence-corrected chi connectivity index (χ2v) is 11.0. The number of sulfone groups is 1. The smallest absolute Gasteiger partial charge is 0.184 e. The van der Waals surface area contributed by atoms with Crippen molar-refractivity contribution in [2.24, 2.45) is 0 Å². The molecule has 160 valence electrons. The molecule has 2 aromatic carbocycles. The quantitative estimate of drug-likeness (QED) is 0.438. The van der Waals surface area contributed by atoms with Crippen LogP contribution in [0.5, 0.6) is 0 Å². The molecule has 0 radical (unpaired) electrons. The molecule has 0 fully saturated rings. The molecule has 0 saturated heterocycles. The van der Waals surface area contributed by atoms with Crippen molar-refractivity contribution in [1.29, 1.82) is 0 Å². The number of nitrogens with zero attached hydrogens (tertiary/aromatic N) is 3. The number of aromatic nitrogens is 3. The highest BCUT2D eigenvalue weighted by atomic mass is 32.2. The van der Waals surface area contributed by atoms with Gasteiger partial charge in [0.15, 0.2) is 9.84 Å². The third-order valence-electron chi connectivity index (χ3n) is 5.40. The van der Waals surface area contributed by atoms with E-state index in [4.69, 9.17) is 0 Å². The summed E-state index contributed by atoms with van der Waals surface area (Å²) in [5, 5.41) is 5.54. The highest BCUT2D eigenvalue weighted by Gasteiger charge is 2.21. The Bertz CT molecular complexity index is 1360. The first-order chi connectivity index (χ1) is 14.5. The summed E-state index contributed by atoms with van der Waals surface area (Å²) in [5.41, 5.74) is 5.09. The minimum atomic E-state index is -3.53. The van der Waals surface area contributed by atoms with Crippen molar-refractivity contribution in [2.75, 3.05) is 0 Å². The SMILES string of the molecule is Cc1ccc2c(-n3nc(C)cc3CS(=O)(=O)c3ccc(C(C)(C)C)cc3)cccc2n1. The molecule has 2 heterocycles. The van der Waals surface area contributed by atoms with Gasteiger partial charge in [0.2, 0.25) is 0 Å². The van der Waals surface area contributed by atoms with E-state index in [0.717, 1.165) is 33.5 Å². The van der Waals surface area contributed by atoms with E-state index in [2.05, 4.69) is 30.9 Å². The van der Waals surface area contributed by atoms with Crippen molar-refractivity contribution in [3.05, 3.63) is 83.3 Å². The lowest BCUT2D eigenvalue weighted by Gasteiger charge is -2.19. The molecule has 0 saturated carbocycles. The highest BCUT2D eigenvalue weighted by Crippen LogP contribution is 2.27. The van der Waals surface area contributed by atoms with Gasteiger partial charge in [0, 0.05) is 11.1 Å². The topological polar surface area (TPSA) is 64.8 Å². The first-order valence-electron chi connectivity index (χ1n) is 10.3. The number of fused-ring (bicyclic) bond motifs is 1. The van der Waals surface area contributed by atoms with Crippen LogP contribution in [0, 0.1) is 13.8 Å². The second-order valence-electron chi connectivity index (χ2n) is 9.02. The van der Waals surface area contributed by atoms with Crippen LogP contribution in [-0.4, -0.2) is 23.2 Å². The van der Waals surface area contributed by atoms with E-state index in [0.29, 0.717) is 10.6 Å². The normalized spacial score (nSPS) is 12.4. The van der Waals surface area contributed by atoms with E-state index in [1.54, 1.807) is 16.8 Å². The maximum atomic E-state index is 13.2. The van der Waals surface area contributed by atoms with Crippen LogP contribution in [0.15, 0.2) is 65.6 Å². The summed E-state index contributed by atoms with van der Waals surface area (Å²) in [6.45, 7) is 10.2. The fourth-order valence-electron chi connectivity index (χ4n) is 3.73. The van der Waals surface area contributed by atoms with Crippen molar-refractivity contribution in [3.8, 4) is 5.69 Å². The average Bonchev–Trinajstić information content (AvgIpc) is 3.06. The molecule has 5 nitrogen and oxygen atoms in total. The Morgan fingerprint density at radius 3 is 2.29 bits per heavy atom. The van der Waals surface area contributed by atoms with Crippen LogP contribution in [0.4, 0.5) is 0 Å². The zero-order valence-electron chi connectivity index (χ0n) is 18.5. The molecule has 0 bridgehead atoms. The number of hydrogen-bond donors (Lipinski definition) is 0. The zero-order chi connectivity index (χ0) is 22.4. The Labute approximate surface area is 183 Å². The first kappa shape index (κ1) is 21.2. The molecular weight excluding hydrogens is 406 g/mol. The molecule has 0 aliphatic rings. The van der Waals surface area contributed by atoms with Gasteiger partial charge in [0.25, 0.3) is 0 Å². The van der Waals surface area contributed by atoms with Gasteiger partial charge in [-0.05, 0) is 67.3 Å². The fourth-order valence-corrected chi connectivity index (χ4v) is 5.04. The molecule has 6 heteroatoms. The van der Waals surface area contributed by atoms with Crippen LogP contribution in [0.25, 0.3) is 16.6 Å². The van der Waals surface area contributed by atoms with Gasteiger partial charge < -0.3 is 0 Å². The van der Waals surface area contributed by atoms with Crippen molar-refractivity contribution >= 4 is 20.7 Å². The van der Waals surface area contributed by atoms with Gasteiger partial charge in [-0.15, -0.1) is 0 Å². The van der Waals surface area contributed by atoms with E-state index in [-0.39, 0.29) is 11.2 Å². The third-order valence-corrected chi connectivity index (χ3v) is 7.07. The Hall–Kier alpha value is -2.99. The summed E-state index contributed by atoms with van der Waals surface area (Å²) in [6.07, 6.45) is 0. The van der Waals surface area contributed by atoms with Gasteiger partial charge in [-0.2, -0.15) is 5.10 Å². The maximum Gasteiger partial charge on any atom is 0.184 e. The van der Waals surface area contributed by atoms with Gasteiger partial charge >= 0.3 is 0 Å². The molecule has 4 rings (SSSR count). The molecule has 0 aliphatic carbocycles. The highest BCUT2D eigenvalue weighted by molar-refractivity contribution is 7.90. The van der Waals surface area contributed by atoms with Crippen LogP contribution in [-0.2, 0) is 21.0 Å². The molecule has 0 atom stereocenters. The van der Waals surface area contributed by atoms with Gasteiger partial charge in [-0.1, -0.05) is 39.0 Å². The Kier molecular flexibility index (Phi) is 5.21. The van der Waals surface area contributed by atoms with E-state index in [1.807, 2.05) is 62.4 Å². The van der Waals surface area contributed by atoms with Crippen molar-refractivity contribution in [3.63, 3.8) is 0 Å². The average molecular weight is 434 g/mol. The third kappa shape index (κ3) is 4.26. The summed E-state index contributed by atoms with van der Waals surface area (Å²) in [5.74, 6) is -0.127. The maximum absolute atomic E-state index is 13.2. The number of pyridine rings is 1. The number of benzene rings is 2. The Morgan fingerprint density at radius 1 is 0.903 bits per heavy atom. The second kappa shape index (κ2) is 7.61. The largest absolute Gasteiger partial charge is 0.253 e. The summed E-state index contributed by atoms with van der Waals surface area (Å²) in [7, 11) is -3.53. The number of aryl methyl sites for hydroxylation is 2. The monoisotopic (exact) mass is 433 g/mol. The van der Waals surface area contributed by atoms with Gasteiger partial charge in [-0.25, -0.2) is 13.1 Å². The molecule has 0 aliphatic heterocycles. The molecule has 0 unspecified atom stereocenters. The lowest BCUT2D eigenvalue weighted by Crippen LogP contribution is -2.13. The van der Waals surface area contributed by atoms with Gasteiger partial charge in [0.05, 0.1) is 33.2 Å². The van der Waals surface area contributed by atoms with Crippen LogP contribution in [0.3, 0.4) is 0 Å². The zero-order valence-corrected chi connectivity index (χ0v) is 19.4. The lowest BCUT2D eigenvalue weighted by molar-refractivity contribution is 0.585. The molecule has 4 aromatic rings. The van der Waals surface area contributed by atoms with E-state index < -0.39 is 9.84 Å². The molecule has 31 heavy (non-hydrogen) atoms. The predicted molar refractivity (Wildman–Crippen MR) is 124 cm³/mol. The summed E-state index contributed by atoms with van der Waals surface area (Å²) in [6, 6.07) is 18.8. The van der Waals surface area contributed by atoms with Crippen LogP contribution in [0.1, 0.15) is 43.4 Å². The van der Waals surface area contributed by atoms with Crippen LogP contribution in [0.2, 0.25) is 0 Å². The molecule has 0 amide bonds.